The summed E-state index contributed by atoms with van der Waals surface area (Å²) in [6, 6.07) is 1.76. The first-order valence-electron chi connectivity index (χ1n) is 7.68. The lowest BCUT2D eigenvalue weighted by molar-refractivity contribution is -0.123. The fraction of sp³-hybridized carbons (Fsp3) is 0.500. The fourth-order valence-electron chi connectivity index (χ4n) is 2.41. The van der Waals surface area contributed by atoms with Gasteiger partial charge in [0.2, 0.25) is 5.91 Å². The molecular weight excluding hydrogens is 294 g/mol. The SMILES string of the molecule is Cc1cc(C(=O)NCCNC(=O)C(C)C)c2c(C)nn(C)c2n1. The lowest BCUT2D eigenvalue weighted by Crippen LogP contribution is -2.36. The number of rotatable bonds is 5. The molecule has 0 radical (unpaired) electrons. The van der Waals surface area contributed by atoms with Gasteiger partial charge < -0.3 is 10.6 Å². The van der Waals surface area contributed by atoms with Crippen molar-refractivity contribution < 1.29 is 9.59 Å². The van der Waals surface area contributed by atoms with Gasteiger partial charge in [0.25, 0.3) is 5.91 Å². The van der Waals surface area contributed by atoms with E-state index in [1.807, 2.05) is 34.7 Å². The van der Waals surface area contributed by atoms with Crippen molar-refractivity contribution in [2.24, 2.45) is 13.0 Å². The van der Waals surface area contributed by atoms with Crippen molar-refractivity contribution in [3.05, 3.63) is 23.0 Å². The van der Waals surface area contributed by atoms with Crippen LogP contribution in [0.1, 0.15) is 35.6 Å². The number of amides is 2. The number of aryl methyl sites for hydroxylation is 3. The summed E-state index contributed by atoms with van der Waals surface area (Å²) in [6.45, 7) is 8.15. The molecule has 2 aromatic heterocycles. The largest absolute Gasteiger partial charge is 0.354 e. The maximum atomic E-state index is 12.5. The van der Waals surface area contributed by atoms with E-state index in [-0.39, 0.29) is 17.7 Å². The Hall–Kier alpha value is -2.44. The highest BCUT2D eigenvalue weighted by atomic mass is 16.2. The zero-order valence-corrected chi connectivity index (χ0v) is 14.2. The highest BCUT2D eigenvalue weighted by Crippen LogP contribution is 2.21. The van der Waals surface area contributed by atoms with Crippen LogP contribution in [0.4, 0.5) is 0 Å². The Morgan fingerprint density at radius 2 is 1.87 bits per heavy atom. The van der Waals surface area contributed by atoms with E-state index in [9.17, 15) is 9.59 Å². The van der Waals surface area contributed by atoms with Crippen molar-refractivity contribution in [1.82, 2.24) is 25.4 Å². The van der Waals surface area contributed by atoms with Crippen LogP contribution in [0.25, 0.3) is 11.0 Å². The van der Waals surface area contributed by atoms with Gasteiger partial charge in [-0.1, -0.05) is 13.8 Å². The molecule has 2 amide bonds. The minimum absolute atomic E-state index is 0.0236. The Labute approximate surface area is 135 Å². The molecule has 0 atom stereocenters. The van der Waals surface area contributed by atoms with E-state index in [2.05, 4.69) is 20.7 Å². The standard InChI is InChI=1S/C16H23N5O2/c1-9(2)15(22)17-6-7-18-16(23)12-8-10(3)19-14-13(12)11(4)20-21(14)5/h8-9H,6-7H2,1-5H3,(H,17,22)(H,18,23). The summed E-state index contributed by atoms with van der Waals surface area (Å²) in [5, 5.41) is 10.7. The summed E-state index contributed by atoms with van der Waals surface area (Å²) in [5.41, 5.74) is 2.79. The first-order chi connectivity index (χ1) is 10.8. The monoisotopic (exact) mass is 317 g/mol. The van der Waals surface area contributed by atoms with E-state index >= 15 is 0 Å². The number of hydrogen-bond donors (Lipinski definition) is 2. The third kappa shape index (κ3) is 3.67. The van der Waals surface area contributed by atoms with Crippen LogP contribution in [0.15, 0.2) is 6.07 Å². The number of hydrogen-bond acceptors (Lipinski definition) is 4. The molecule has 0 unspecified atom stereocenters. The third-order valence-corrected chi connectivity index (χ3v) is 3.58. The lowest BCUT2D eigenvalue weighted by Gasteiger charge is -2.10. The fourth-order valence-corrected chi connectivity index (χ4v) is 2.41. The van der Waals surface area contributed by atoms with Crippen LogP contribution in [0, 0.1) is 19.8 Å². The second-order valence-corrected chi connectivity index (χ2v) is 5.92. The van der Waals surface area contributed by atoms with Crippen molar-refractivity contribution in [3.63, 3.8) is 0 Å². The van der Waals surface area contributed by atoms with E-state index in [1.165, 1.54) is 0 Å². The zero-order chi connectivity index (χ0) is 17.1. The lowest BCUT2D eigenvalue weighted by atomic mass is 10.1. The van der Waals surface area contributed by atoms with Crippen molar-refractivity contribution in [3.8, 4) is 0 Å². The molecular formula is C16H23N5O2. The molecule has 0 aromatic carbocycles. The summed E-state index contributed by atoms with van der Waals surface area (Å²) in [5.74, 6) is -0.272. The van der Waals surface area contributed by atoms with E-state index in [0.29, 0.717) is 24.3 Å². The van der Waals surface area contributed by atoms with Gasteiger partial charge in [0.15, 0.2) is 5.65 Å². The molecule has 7 heteroatoms. The first-order valence-corrected chi connectivity index (χ1v) is 7.68. The molecule has 7 nitrogen and oxygen atoms in total. The maximum Gasteiger partial charge on any atom is 0.252 e. The van der Waals surface area contributed by atoms with Crippen LogP contribution in [0.5, 0.6) is 0 Å². The second-order valence-electron chi connectivity index (χ2n) is 5.92. The van der Waals surface area contributed by atoms with E-state index in [0.717, 1.165) is 16.8 Å². The molecule has 23 heavy (non-hydrogen) atoms. The molecule has 0 aliphatic carbocycles. The Morgan fingerprint density at radius 3 is 2.52 bits per heavy atom. The van der Waals surface area contributed by atoms with E-state index in [1.54, 1.807) is 10.7 Å². The maximum absolute atomic E-state index is 12.5. The van der Waals surface area contributed by atoms with Crippen molar-refractivity contribution in [2.45, 2.75) is 27.7 Å². The van der Waals surface area contributed by atoms with E-state index < -0.39 is 0 Å². The topological polar surface area (TPSA) is 88.9 Å². The molecule has 0 bridgehead atoms. The first kappa shape index (κ1) is 16.9. The molecule has 2 N–H and O–H groups in total. The smallest absolute Gasteiger partial charge is 0.252 e. The van der Waals surface area contributed by atoms with Crippen LogP contribution in [0.3, 0.4) is 0 Å². The summed E-state index contributed by atoms with van der Waals surface area (Å²) in [6.07, 6.45) is 0. The minimum Gasteiger partial charge on any atom is -0.354 e. The van der Waals surface area contributed by atoms with Gasteiger partial charge in [0.1, 0.15) is 0 Å². The summed E-state index contributed by atoms with van der Waals surface area (Å²) >= 11 is 0. The molecule has 0 spiro atoms. The molecule has 2 aromatic rings. The van der Waals surface area contributed by atoms with Gasteiger partial charge >= 0.3 is 0 Å². The molecule has 0 aliphatic rings. The number of pyridine rings is 1. The molecule has 2 rings (SSSR count). The average Bonchev–Trinajstić information content (AvgIpc) is 2.76. The Bertz CT molecular complexity index is 748. The van der Waals surface area contributed by atoms with Crippen LogP contribution in [0.2, 0.25) is 0 Å². The van der Waals surface area contributed by atoms with Crippen molar-refractivity contribution >= 4 is 22.8 Å². The Morgan fingerprint density at radius 1 is 1.22 bits per heavy atom. The van der Waals surface area contributed by atoms with Gasteiger partial charge in [-0.2, -0.15) is 5.10 Å². The molecule has 2 heterocycles. The summed E-state index contributed by atoms with van der Waals surface area (Å²) < 4.78 is 1.68. The molecule has 0 saturated heterocycles. The van der Waals surface area contributed by atoms with Crippen molar-refractivity contribution in [1.29, 1.82) is 0 Å². The van der Waals surface area contributed by atoms with Gasteiger partial charge in [-0.25, -0.2) is 4.98 Å². The third-order valence-electron chi connectivity index (χ3n) is 3.58. The predicted octanol–water partition coefficient (Wildman–Crippen LogP) is 1.09. The number of carbonyl (C=O) groups is 2. The zero-order valence-electron chi connectivity index (χ0n) is 14.2. The normalized spacial score (nSPS) is 11.0. The van der Waals surface area contributed by atoms with Gasteiger partial charge in [-0.15, -0.1) is 0 Å². The highest BCUT2D eigenvalue weighted by Gasteiger charge is 2.17. The minimum atomic E-state index is -0.185. The van der Waals surface area contributed by atoms with Gasteiger partial charge in [0.05, 0.1) is 16.6 Å². The quantitative estimate of drug-likeness (QED) is 0.808. The number of aromatic nitrogens is 3. The predicted molar refractivity (Wildman–Crippen MR) is 88.2 cm³/mol. The highest BCUT2D eigenvalue weighted by molar-refractivity contribution is 6.06. The van der Waals surface area contributed by atoms with Crippen molar-refractivity contribution in [2.75, 3.05) is 13.1 Å². The summed E-state index contributed by atoms with van der Waals surface area (Å²) in [7, 11) is 1.81. The number of nitrogens with one attached hydrogen (secondary N) is 2. The molecule has 0 fully saturated rings. The Kier molecular flexibility index (Phi) is 4.98. The van der Waals surface area contributed by atoms with Gasteiger partial charge in [-0.3, -0.25) is 14.3 Å². The van der Waals surface area contributed by atoms with Crippen LogP contribution in [-0.4, -0.2) is 39.7 Å². The second kappa shape index (κ2) is 6.76. The molecule has 0 aliphatic heterocycles. The van der Waals surface area contributed by atoms with Crippen LogP contribution < -0.4 is 10.6 Å². The average molecular weight is 317 g/mol. The van der Waals surface area contributed by atoms with Crippen LogP contribution in [-0.2, 0) is 11.8 Å². The Balaban J connectivity index is 2.11. The van der Waals surface area contributed by atoms with Gasteiger partial charge in [0, 0.05) is 31.7 Å². The number of carbonyl (C=O) groups excluding carboxylic acids is 2. The van der Waals surface area contributed by atoms with Gasteiger partial charge in [-0.05, 0) is 19.9 Å². The molecule has 0 saturated carbocycles. The molecule has 124 valence electrons. The number of fused-ring (bicyclic) bond motifs is 1. The number of nitrogens with zero attached hydrogens (tertiary/aromatic N) is 3. The van der Waals surface area contributed by atoms with E-state index in [4.69, 9.17) is 0 Å². The van der Waals surface area contributed by atoms with Crippen LogP contribution >= 0.6 is 0 Å². The summed E-state index contributed by atoms with van der Waals surface area (Å²) in [4.78, 5) is 28.4.